The van der Waals surface area contributed by atoms with Gasteiger partial charge in [-0.05, 0) is 18.2 Å². The number of phenolic OH excluding ortho intramolecular Hbond substituents is 1. The van der Waals surface area contributed by atoms with Gasteiger partial charge in [-0.15, -0.1) is 0 Å². The molecule has 0 saturated carbocycles. The predicted molar refractivity (Wildman–Crippen MR) is 85.5 cm³/mol. The van der Waals surface area contributed by atoms with Crippen molar-refractivity contribution in [3.8, 4) is 5.75 Å². The van der Waals surface area contributed by atoms with E-state index in [1.807, 2.05) is 6.07 Å². The van der Waals surface area contributed by atoms with Gasteiger partial charge in [-0.25, -0.2) is 0 Å². The number of aromatic hydroxyl groups is 1. The SMILES string of the molecule is Clc1cc(Cl)c(Cl)c(Cl)c1Cl.Oc1ccccc1.[CH3][Hg]. The quantitative estimate of drug-likeness (QED) is 0.211. The number of hydrogen-bond donors (Lipinski definition) is 1. The van der Waals surface area contributed by atoms with Gasteiger partial charge in [0.05, 0.1) is 25.1 Å². The Morgan fingerprint density at radius 1 is 0.750 bits per heavy atom. The number of halogens is 5. The summed E-state index contributed by atoms with van der Waals surface area (Å²) in [6, 6.07) is 10.2. The summed E-state index contributed by atoms with van der Waals surface area (Å²) in [5.41, 5.74) is 0. The molecule has 0 atom stereocenters. The van der Waals surface area contributed by atoms with Crippen LogP contribution in [0.25, 0.3) is 0 Å². The van der Waals surface area contributed by atoms with E-state index in [1.54, 1.807) is 24.3 Å². The fourth-order valence-electron chi connectivity index (χ4n) is 0.972. The molecule has 0 heterocycles. The molecule has 0 unspecified atom stereocenters. The van der Waals surface area contributed by atoms with Gasteiger partial charge in [-0.1, -0.05) is 76.2 Å². The van der Waals surface area contributed by atoms with Gasteiger partial charge in [0.1, 0.15) is 5.75 Å². The zero-order valence-corrected chi connectivity index (χ0v) is 19.8. The van der Waals surface area contributed by atoms with Crippen LogP contribution >= 0.6 is 58.0 Å². The molecule has 0 fully saturated rings. The molecule has 1 nitrogen and oxygen atoms in total. The summed E-state index contributed by atoms with van der Waals surface area (Å²) >= 11 is 29.2. The van der Waals surface area contributed by atoms with Crippen LogP contribution in [-0.2, 0) is 26.1 Å². The first kappa shape index (κ1) is 20.6. The van der Waals surface area contributed by atoms with Crippen molar-refractivity contribution in [2.24, 2.45) is 0 Å². The zero-order chi connectivity index (χ0) is 15.7. The van der Waals surface area contributed by atoms with Crippen molar-refractivity contribution in [1.82, 2.24) is 0 Å². The minimum absolute atomic E-state index is 0.186. The van der Waals surface area contributed by atoms with Crippen molar-refractivity contribution in [2.75, 3.05) is 0 Å². The second-order valence-electron chi connectivity index (χ2n) is 3.12. The molecule has 2 aromatic carbocycles. The summed E-state index contributed by atoms with van der Waals surface area (Å²) in [5, 5.41) is 9.86. The van der Waals surface area contributed by atoms with Crippen molar-refractivity contribution in [3.63, 3.8) is 0 Å². The first-order valence-corrected chi connectivity index (χ1v) is 12.8. The Balaban J connectivity index is 0.000000345. The average molecular weight is 560 g/mol. The predicted octanol–water partition coefficient (Wildman–Crippen LogP) is 6.93. The van der Waals surface area contributed by atoms with Crippen molar-refractivity contribution in [2.45, 2.75) is 4.43 Å². The maximum absolute atomic E-state index is 8.63. The molecule has 0 radical (unpaired) electrons. The van der Waals surface area contributed by atoms with Crippen LogP contribution in [-0.4, -0.2) is 5.11 Å². The van der Waals surface area contributed by atoms with Crippen molar-refractivity contribution >= 4 is 58.0 Å². The molecule has 7 heteroatoms. The fraction of sp³-hybridized carbons (Fsp3) is 0.0769. The molecule has 1 N–H and O–H groups in total. The molecule has 0 aromatic heterocycles. The Labute approximate surface area is 159 Å². The molecule has 0 saturated heterocycles. The van der Waals surface area contributed by atoms with Crippen molar-refractivity contribution in [3.05, 3.63) is 61.5 Å². The van der Waals surface area contributed by atoms with Crippen molar-refractivity contribution < 1.29 is 31.2 Å². The summed E-state index contributed by atoms with van der Waals surface area (Å²) in [4.78, 5) is 0. The topological polar surface area (TPSA) is 20.2 Å². The van der Waals surface area contributed by atoms with Gasteiger partial charge in [0.25, 0.3) is 0 Å². The van der Waals surface area contributed by atoms with Crippen LogP contribution in [0.4, 0.5) is 0 Å². The Kier molecular flexibility index (Phi) is 11.6. The van der Waals surface area contributed by atoms with Crippen LogP contribution in [0.5, 0.6) is 5.75 Å². The molecule has 2 rings (SSSR count). The zero-order valence-electron chi connectivity index (χ0n) is 10.5. The Morgan fingerprint density at radius 3 is 1.45 bits per heavy atom. The van der Waals surface area contributed by atoms with Gasteiger partial charge in [0, 0.05) is 0 Å². The van der Waals surface area contributed by atoms with E-state index in [4.69, 9.17) is 63.1 Å². The van der Waals surface area contributed by atoms with Crippen molar-refractivity contribution in [1.29, 1.82) is 0 Å². The second-order valence-corrected chi connectivity index (χ2v) is 5.07. The third-order valence-corrected chi connectivity index (χ3v) is 3.96. The van der Waals surface area contributed by atoms with E-state index in [0.29, 0.717) is 15.8 Å². The summed E-state index contributed by atoms with van der Waals surface area (Å²) in [6.07, 6.45) is 0. The van der Waals surface area contributed by atoms with E-state index in [0.717, 1.165) is 26.1 Å². The Hall–Kier alpha value is 0.625. The summed E-state index contributed by atoms with van der Waals surface area (Å²) in [5.74, 6) is 0.322. The van der Waals surface area contributed by atoms with E-state index in [2.05, 4.69) is 4.43 Å². The van der Waals surface area contributed by atoms with Gasteiger partial charge in [-0.2, -0.15) is 0 Å². The standard InChI is InChI=1S/C6HCl5.C6H6O.CH3.Hg/c7-2-1-3(8)5(10)6(11)4(2)9;7-6-4-2-1-3-5-6;;/h1H;1-5,7H;1H3;. The number of hydrogen-bond acceptors (Lipinski definition) is 1. The van der Waals surface area contributed by atoms with Gasteiger partial charge >= 0.3 is 30.6 Å². The number of phenols is 1. The van der Waals surface area contributed by atoms with Crippen LogP contribution in [0.15, 0.2) is 36.4 Å². The number of rotatable bonds is 0. The van der Waals surface area contributed by atoms with E-state index in [9.17, 15) is 0 Å². The maximum atomic E-state index is 8.63. The molecule has 20 heavy (non-hydrogen) atoms. The molecular formula is C13H10Cl5HgO. The summed E-state index contributed by atoms with van der Waals surface area (Å²) in [7, 11) is 0. The van der Waals surface area contributed by atoms with Gasteiger partial charge < -0.3 is 5.11 Å². The molecule has 105 valence electrons. The second kappa shape index (κ2) is 11.2. The molecular weight excluding hydrogens is 550 g/mol. The van der Waals surface area contributed by atoms with Crippen LogP contribution in [0, 0.1) is 0 Å². The molecule has 0 aliphatic heterocycles. The van der Waals surface area contributed by atoms with Crippen LogP contribution in [0.2, 0.25) is 29.5 Å². The van der Waals surface area contributed by atoms with E-state index in [1.165, 1.54) is 6.07 Å². The van der Waals surface area contributed by atoms with Gasteiger partial charge in [0.15, 0.2) is 0 Å². The number of para-hydroxylation sites is 1. The fourth-order valence-corrected chi connectivity index (χ4v) is 2.08. The molecule has 0 spiro atoms. The molecule has 2 aromatic rings. The van der Waals surface area contributed by atoms with Gasteiger partial charge in [-0.3, -0.25) is 0 Å². The summed E-state index contributed by atoms with van der Waals surface area (Å²) < 4.78 is 2.19. The Bertz CT molecular complexity index is 508. The monoisotopic (exact) mass is 559 g/mol. The van der Waals surface area contributed by atoms with E-state index in [-0.39, 0.29) is 15.1 Å². The third kappa shape index (κ3) is 7.06. The van der Waals surface area contributed by atoms with E-state index < -0.39 is 0 Å². The molecule has 0 aliphatic rings. The molecule has 0 bridgehead atoms. The molecule has 0 amide bonds. The minimum atomic E-state index is 0.186. The van der Waals surface area contributed by atoms with E-state index >= 15 is 0 Å². The average Bonchev–Trinajstić information content (AvgIpc) is 2.47. The molecule has 0 aliphatic carbocycles. The first-order chi connectivity index (χ1) is 9.43. The third-order valence-electron chi connectivity index (χ3n) is 1.81. The first-order valence-electron chi connectivity index (χ1n) is 5.36. The van der Waals surface area contributed by atoms with Gasteiger partial charge in [0.2, 0.25) is 0 Å². The van der Waals surface area contributed by atoms with Crippen LogP contribution in [0.3, 0.4) is 0 Å². The number of benzene rings is 2. The van der Waals surface area contributed by atoms with Crippen LogP contribution < -0.4 is 0 Å². The Morgan fingerprint density at radius 2 is 1.15 bits per heavy atom. The summed E-state index contributed by atoms with van der Waals surface area (Å²) in [6.45, 7) is 0. The van der Waals surface area contributed by atoms with Crippen LogP contribution in [0.1, 0.15) is 0 Å². The normalized spacial score (nSPS) is 9.00.